The molecule has 9 heteroatoms. The molecule has 0 radical (unpaired) electrons. The summed E-state index contributed by atoms with van der Waals surface area (Å²) >= 11 is 7.28. The van der Waals surface area contributed by atoms with Crippen molar-refractivity contribution in [3.05, 3.63) is 51.2 Å². The molecule has 168 valence electrons. The first-order valence-corrected chi connectivity index (χ1v) is 12.0. The number of rotatable bonds is 6. The lowest BCUT2D eigenvalue weighted by atomic mass is 9.93. The average molecular weight is 474 g/mol. The van der Waals surface area contributed by atoms with Gasteiger partial charge >= 0.3 is 6.03 Å². The molecule has 1 unspecified atom stereocenters. The standard InChI is InChI=1S/C23H25ClFN5OS/c24-19-13-17(5-8-20(19)25)28-23(31)30(12-11-29-9-1-2-10-29)18-6-3-16(4-7-18)21-15-27-22(14-26)32-21/h3,5,8,13,15,18H,1-2,4,6-7,9-12H2,(H,28,31). The summed E-state index contributed by atoms with van der Waals surface area (Å²) in [6.07, 6.45) is 8.73. The molecule has 1 aliphatic heterocycles. The van der Waals surface area contributed by atoms with E-state index in [-0.39, 0.29) is 17.1 Å². The minimum absolute atomic E-state index is 0.0158. The maximum atomic E-state index is 13.5. The summed E-state index contributed by atoms with van der Waals surface area (Å²) < 4.78 is 13.5. The van der Waals surface area contributed by atoms with Crippen molar-refractivity contribution >= 4 is 40.2 Å². The Kier molecular flexibility index (Phi) is 7.40. The van der Waals surface area contributed by atoms with Crippen molar-refractivity contribution in [3.8, 4) is 6.07 Å². The van der Waals surface area contributed by atoms with Crippen LogP contribution in [0.5, 0.6) is 0 Å². The van der Waals surface area contributed by atoms with Gasteiger partial charge in [0.1, 0.15) is 11.9 Å². The first-order chi connectivity index (χ1) is 15.5. The second-order valence-corrected chi connectivity index (χ2v) is 9.54. The Labute approximate surface area is 196 Å². The lowest BCUT2D eigenvalue weighted by Gasteiger charge is -2.35. The summed E-state index contributed by atoms with van der Waals surface area (Å²) in [5, 5.41) is 12.4. The number of hydrogen-bond acceptors (Lipinski definition) is 5. The van der Waals surface area contributed by atoms with Crippen LogP contribution in [0.4, 0.5) is 14.9 Å². The third-order valence-corrected chi connectivity index (χ3v) is 7.30. The van der Waals surface area contributed by atoms with E-state index in [1.165, 1.54) is 48.0 Å². The van der Waals surface area contributed by atoms with E-state index in [4.69, 9.17) is 16.9 Å². The molecule has 2 aliphatic rings. The van der Waals surface area contributed by atoms with E-state index in [0.29, 0.717) is 17.2 Å². The Morgan fingerprint density at radius 1 is 1.41 bits per heavy atom. The van der Waals surface area contributed by atoms with Gasteiger partial charge in [-0.3, -0.25) is 0 Å². The van der Waals surface area contributed by atoms with E-state index in [1.807, 2.05) is 4.90 Å². The van der Waals surface area contributed by atoms with Gasteiger partial charge in [0.05, 0.1) is 9.90 Å². The number of aromatic nitrogens is 1. The summed E-state index contributed by atoms with van der Waals surface area (Å²) in [7, 11) is 0. The van der Waals surface area contributed by atoms with E-state index in [2.05, 4.69) is 27.3 Å². The predicted molar refractivity (Wildman–Crippen MR) is 125 cm³/mol. The molecular weight excluding hydrogens is 449 g/mol. The van der Waals surface area contributed by atoms with Gasteiger partial charge in [0.15, 0.2) is 5.01 Å². The molecule has 1 atom stereocenters. The molecule has 4 rings (SSSR count). The minimum atomic E-state index is -0.511. The van der Waals surface area contributed by atoms with Gasteiger partial charge in [-0.1, -0.05) is 17.7 Å². The first-order valence-electron chi connectivity index (χ1n) is 10.8. The van der Waals surface area contributed by atoms with Crippen molar-refractivity contribution in [1.29, 1.82) is 5.26 Å². The van der Waals surface area contributed by atoms with Gasteiger partial charge < -0.3 is 15.1 Å². The molecule has 1 aliphatic carbocycles. The maximum Gasteiger partial charge on any atom is 0.322 e. The van der Waals surface area contributed by atoms with Crippen molar-refractivity contribution in [2.75, 3.05) is 31.5 Å². The normalized spacial score (nSPS) is 18.8. The molecule has 2 amide bonds. The molecule has 0 spiro atoms. The Morgan fingerprint density at radius 3 is 2.88 bits per heavy atom. The highest BCUT2D eigenvalue weighted by Gasteiger charge is 2.27. The number of anilines is 1. The van der Waals surface area contributed by atoms with Crippen molar-refractivity contribution < 1.29 is 9.18 Å². The summed E-state index contributed by atoms with van der Waals surface area (Å²) in [4.78, 5) is 22.6. The van der Waals surface area contributed by atoms with Crippen LogP contribution in [0.2, 0.25) is 5.02 Å². The van der Waals surface area contributed by atoms with E-state index in [1.54, 1.807) is 6.20 Å². The smallest absolute Gasteiger partial charge is 0.320 e. The van der Waals surface area contributed by atoms with Crippen molar-refractivity contribution in [2.24, 2.45) is 0 Å². The molecule has 1 saturated heterocycles. The van der Waals surface area contributed by atoms with E-state index in [9.17, 15) is 9.18 Å². The first kappa shape index (κ1) is 22.7. The van der Waals surface area contributed by atoms with Gasteiger partial charge in [0, 0.05) is 31.0 Å². The molecular formula is C23H25ClFN5OS. The van der Waals surface area contributed by atoms with Crippen molar-refractivity contribution in [1.82, 2.24) is 14.8 Å². The van der Waals surface area contributed by atoms with Crippen LogP contribution in [-0.2, 0) is 0 Å². The van der Waals surface area contributed by atoms with E-state index >= 15 is 0 Å². The highest BCUT2D eigenvalue weighted by atomic mass is 35.5. The Hall–Kier alpha value is -2.47. The number of likely N-dealkylation sites (tertiary alicyclic amines) is 1. The van der Waals surface area contributed by atoms with E-state index < -0.39 is 5.82 Å². The highest BCUT2D eigenvalue weighted by Crippen LogP contribution is 2.32. The Bertz CT molecular complexity index is 1040. The monoisotopic (exact) mass is 473 g/mol. The van der Waals surface area contributed by atoms with Crippen LogP contribution in [0.25, 0.3) is 5.57 Å². The van der Waals surface area contributed by atoms with Gasteiger partial charge in [-0.15, -0.1) is 11.3 Å². The number of allylic oxidation sites excluding steroid dienone is 1. The summed E-state index contributed by atoms with van der Waals surface area (Å²) in [6, 6.07) is 6.17. The Balaban J connectivity index is 1.46. The van der Waals surface area contributed by atoms with Crippen LogP contribution in [0.1, 0.15) is 42.0 Å². The lowest BCUT2D eigenvalue weighted by molar-refractivity contribution is 0.170. The number of benzene rings is 1. The zero-order valence-corrected chi connectivity index (χ0v) is 19.3. The van der Waals surface area contributed by atoms with E-state index in [0.717, 1.165) is 43.8 Å². The van der Waals surface area contributed by atoms with Gasteiger partial charge in [-0.25, -0.2) is 14.2 Å². The average Bonchev–Trinajstić information content (AvgIpc) is 3.49. The molecule has 1 aromatic carbocycles. The third kappa shape index (κ3) is 5.47. The van der Waals surface area contributed by atoms with Gasteiger partial charge in [0.2, 0.25) is 0 Å². The molecule has 1 N–H and O–H groups in total. The molecule has 0 saturated carbocycles. The topological polar surface area (TPSA) is 72.3 Å². The number of carbonyl (C=O) groups excluding carboxylic acids is 1. The van der Waals surface area contributed by atoms with Crippen LogP contribution in [-0.4, -0.2) is 53.0 Å². The molecule has 1 fully saturated rings. The second kappa shape index (κ2) is 10.4. The predicted octanol–water partition coefficient (Wildman–Crippen LogP) is 5.37. The number of carbonyl (C=O) groups is 1. The molecule has 32 heavy (non-hydrogen) atoms. The molecule has 2 aromatic rings. The zero-order chi connectivity index (χ0) is 22.5. The van der Waals surface area contributed by atoms with Crippen LogP contribution in [0.15, 0.2) is 30.5 Å². The number of nitrogens with one attached hydrogen (secondary N) is 1. The zero-order valence-electron chi connectivity index (χ0n) is 17.7. The third-order valence-electron chi connectivity index (χ3n) is 6.03. The number of halogens is 2. The van der Waals surface area contributed by atoms with Crippen molar-refractivity contribution in [2.45, 2.75) is 38.1 Å². The fourth-order valence-corrected chi connectivity index (χ4v) is 5.24. The highest BCUT2D eigenvalue weighted by molar-refractivity contribution is 7.13. The number of thiazole rings is 1. The SMILES string of the molecule is N#Cc1ncc(C2=CCC(N(CCN3CCCC3)C(=O)Nc3ccc(F)c(Cl)c3)CC2)s1. The number of nitrogens with zero attached hydrogens (tertiary/aromatic N) is 4. The summed E-state index contributed by atoms with van der Waals surface area (Å²) in [5.74, 6) is -0.511. The Morgan fingerprint density at radius 2 is 2.22 bits per heavy atom. The fraction of sp³-hybridized carbons (Fsp3) is 0.435. The number of nitriles is 1. The molecule has 0 bridgehead atoms. The quantitative estimate of drug-likeness (QED) is 0.611. The summed E-state index contributed by atoms with van der Waals surface area (Å²) in [5.41, 5.74) is 1.67. The fourth-order valence-electron chi connectivity index (χ4n) is 4.28. The van der Waals surface area contributed by atoms with Crippen LogP contribution in [0.3, 0.4) is 0 Å². The molecule has 1 aromatic heterocycles. The number of hydrogen-bond donors (Lipinski definition) is 1. The number of amides is 2. The largest absolute Gasteiger partial charge is 0.322 e. The second-order valence-electron chi connectivity index (χ2n) is 8.10. The number of urea groups is 1. The maximum absolute atomic E-state index is 13.5. The molecule has 2 heterocycles. The van der Waals surface area contributed by atoms with Gasteiger partial charge in [-0.2, -0.15) is 5.26 Å². The van der Waals surface area contributed by atoms with Gasteiger partial charge in [-0.05, 0) is 69.0 Å². The van der Waals surface area contributed by atoms with Crippen LogP contribution in [0, 0.1) is 17.1 Å². The lowest BCUT2D eigenvalue weighted by Crippen LogP contribution is -2.46. The summed E-state index contributed by atoms with van der Waals surface area (Å²) in [6.45, 7) is 3.62. The molecule has 6 nitrogen and oxygen atoms in total. The van der Waals surface area contributed by atoms with Crippen LogP contribution < -0.4 is 5.32 Å². The van der Waals surface area contributed by atoms with Crippen LogP contribution >= 0.6 is 22.9 Å². The van der Waals surface area contributed by atoms with Gasteiger partial charge in [0.25, 0.3) is 0 Å². The van der Waals surface area contributed by atoms with Crippen molar-refractivity contribution in [3.63, 3.8) is 0 Å². The minimum Gasteiger partial charge on any atom is -0.320 e.